The lowest BCUT2D eigenvalue weighted by molar-refractivity contribution is -0.0511. The highest BCUT2D eigenvalue weighted by molar-refractivity contribution is 6.18. The van der Waals surface area contributed by atoms with Gasteiger partial charge in [-0.1, -0.05) is 20.8 Å². The molecule has 0 spiro atoms. The Hall–Kier alpha value is 0.210. The number of ether oxygens (including phenoxy) is 1. The van der Waals surface area contributed by atoms with Crippen LogP contribution in [-0.2, 0) is 4.74 Å². The number of hydrogen-bond donors (Lipinski definition) is 1. The molecule has 0 radical (unpaired) electrons. The van der Waals surface area contributed by atoms with E-state index in [-0.39, 0.29) is 5.88 Å². The monoisotopic (exact) mass is 234 g/mol. The van der Waals surface area contributed by atoms with E-state index < -0.39 is 6.10 Å². The van der Waals surface area contributed by atoms with Crippen LogP contribution in [0.2, 0.25) is 0 Å². The van der Waals surface area contributed by atoms with Gasteiger partial charge in [-0.3, -0.25) is 0 Å². The second kappa shape index (κ2) is 5.51. The fraction of sp³-hybridized carbons (Fsp3) is 1.00. The summed E-state index contributed by atoms with van der Waals surface area (Å²) in [4.78, 5) is 0. The molecule has 3 atom stereocenters. The molecule has 0 aromatic heterocycles. The van der Waals surface area contributed by atoms with E-state index in [0.29, 0.717) is 24.0 Å². The zero-order chi connectivity index (χ0) is 11.5. The van der Waals surface area contributed by atoms with Crippen LogP contribution in [0.5, 0.6) is 0 Å². The Balaban J connectivity index is 2.35. The summed E-state index contributed by atoms with van der Waals surface area (Å²) in [5, 5.41) is 9.33. The number of halogens is 1. The molecular formula is C12H23ClO2. The van der Waals surface area contributed by atoms with Gasteiger partial charge in [0.15, 0.2) is 0 Å². The third-order valence-corrected chi connectivity index (χ3v) is 3.41. The first-order valence-electron chi connectivity index (χ1n) is 5.78. The van der Waals surface area contributed by atoms with Crippen molar-refractivity contribution in [3.63, 3.8) is 0 Å². The molecule has 1 aliphatic carbocycles. The third-order valence-electron chi connectivity index (χ3n) is 3.05. The Kier molecular flexibility index (Phi) is 4.88. The number of aliphatic hydroxyl groups is 1. The van der Waals surface area contributed by atoms with Gasteiger partial charge >= 0.3 is 0 Å². The summed E-state index contributed by atoms with van der Waals surface area (Å²) in [6, 6.07) is 0. The van der Waals surface area contributed by atoms with Crippen molar-refractivity contribution in [1.29, 1.82) is 0 Å². The summed E-state index contributed by atoms with van der Waals surface area (Å²) in [6.45, 7) is 7.22. The third kappa shape index (κ3) is 4.71. The van der Waals surface area contributed by atoms with Gasteiger partial charge in [-0.25, -0.2) is 0 Å². The molecule has 0 heterocycles. The Labute approximate surface area is 98.0 Å². The highest BCUT2D eigenvalue weighted by atomic mass is 35.5. The standard InChI is InChI=1S/C12H23ClO2/c1-9-4-11(6-12(2,3)5-9)15-8-10(14)7-13/h9-11,14H,4-8H2,1-3H3. The van der Waals surface area contributed by atoms with E-state index >= 15 is 0 Å². The van der Waals surface area contributed by atoms with E-state index in [1.807, 2.05) is 0 Å². The van der Waals surface area contributed by atoms with Gasteiger partial charge in [-0.15, -0.1) is 11.6 Å². The highest BCUT2D eigenvalue weighted by Crippen LogP contribution is 2.39. The summed E-state index contributed by atoms with van der Waals surface area (Å²) in [5.74, 6) is 0.970. The molecule has 0 aromatic carbocycles. The molecule has 1 rings (SSSR count). The van der Waals surface area contributed by atoms with Crippen LogP contribution in [0.3, 0.4) is 0 Å². The lowest BCUT2D eigenvalue weighted by Crippen LogP contribution is -2.34. The van der Waals surface area contributed by atoms with Gasteiger partial charge in [0.05, 0.1) is 24.7 Å². The van der Waals surface area contributed by atoms with E-state index in [1.165, 1.54) is 6.42 Å². The highest BCUT2D eigenvalue weighted by Gasteiger charge is 2.32. The molecule has 1 N–H and O–H groups in total. The van der Waals surface area contributed by atoms with Crippen molar-refractivity contribution in [3.05, 3.63) is 0 Å². The van der Waals surface area contributed by atoms with Crippen LogP contribution < -0.4 is 0 Å². The minimum absolute atomic E-state index is 0.256. The van der Waals surface area contributed by atoms with E-state index in [0.717, 1.165) is 12.8 Å². The summed E-state index contributed by atoms with van der Waals surface area (Å²) < 4.78 is 5.71. The molecule has 0 aromatic rings. The van der Waals surface area contributed by atoms with E-state index in [1.54, 1.807) is 0 Å². The van der Waals surface area contributed by atoms with Crippen LogP contribution in [0.15, 0.2) is 0 Å². The predicted molar refractivity (Wildman–Crippen MR) is 63.3 cm³/mol. The van der Waals surface area contributed by atoms with Crippen LogP contribution >= 0.6 is 11.6 Å². The fourth-order valence-electron chi connectivity index (χ4n) is 2.68. The second-order valence-electron chi connectivity index (χ2n) is 5.68. The first kappa shape index (κ1) is 13.3. The molecule has 1 saturated carbocycles. The summed E-state index contributed by atoms with van der Waals surface area (Å²) in [7, 11) is 0. The lowest BCUT2D eigenvalue weighted by Gasteiger charge is -2.39. The number of alkyl halides is 1. The molecule has 15 heavy (non-hydrogen) atoms. The number of aliphatic hydroxyl groups excluding tert-OH is 1. The molecule has 3 unspecified atom stereocenters. The van der Waals surface area contributed by atoms with Crippen LogP contribution in [0.4, 0.5) is 0 Å². The molecule has 0 bridgehead atoms. The van der Waals surface area contributed by atoms with Crippen molar-refractivity contribution in [2.75, 3.05) is 12.5 Å². The Bertz CT molecular complexity index is 194. The van der Waals surface area contributed by atoms with Gasteiger partial charge in [0.1, 0.15) is 0 Å². The van der Waals surface area contributed by atoms with E-state index in [4.69, 9.17) is 16.3 Å². The van der Waals surface area contributed by atoms with Crippen LogP contribution in [0.25, 0.3) is 0 Å². The van der Waals surface area contributed by atoms with Gasteiger partial charge in [-0.2, -0.15) is 0 Å². The van der Waals surface area contributed by atoms with Gasteiger partial charge in [0.25, 0.3) is 0 Å². The zero-order valence-corrected chi connectivity index (χ0v) is 10.8. The van der Waals surface area contributed by atoms with Crippen molar-refractivity contribution in [1.82, 2.24) is 0 Å². The van der Waals surface area contributed by atoms with Crippen molar-refractivity contribution >= 4 is 11.6 Å². The largest absolute Gasteiger partial charge is 0.389 e. The molecule has 1 fully saturated rings. The molecule has 0 amide bonds. The maximum absolute atomic E-state index is 9.33. The van der Waals surface area contributed by atoms with Crippen molar-refractivity contribution in [3.8, 4) is 0 Å². The molecule has 1 aliphatic rings. The van der Waals surface area contributed by atoms with Gasteiger partial charge in [-0.05, 0) is 30.6 Å². The average molecular weight is 235 g/mol. The first-order valence-corrected chi connectivity index (χ1v) is 6.32. The van der Waals surface area contributed by atoms with Crippen molar-refractivity contribution in [2.24, 2.45) is 11.3 Å². The SMILES string of the molecule is CC1CC(OCC(O)CCl)CC(C)(C)C1. The lowest BCUT2D eigenvalue weighted by atomic mass is 9.71. The molecule has 3 heteroatoms. The Morgan fingerprint density at radius 1 is 1.47 bits per heavy atom. The maximum atomic E-state index is 9.33. The quantitative estimate of drug-likeness (QED) is 0.758. The summed E-state index contributed by atoms with van der Waals surface area (Å²) >= 11 is 5.52. The van der Waals surface area contributed by atoms with Crippen molar-refractivity contribution < 1.29 is 9.84 Å². The van der Waals surface area contributed by atoms with Gasteiger partial charge in [0, 0.05) is 0 Å². The summed E-state index contributed by atoms with van der Waals surface area (Å²) in [6.07, 6.45) is 3.24. The maximum Gasteiger partial charge on any atom is 0.0908 e. The zero-order valence-electron chi connectivity index (χ0n) is 10.0. The van der Waals surface area contributed by atoms with Gasteiger partial charge in [0.2, 0.25) is 0 Å². The smallest absolute Gasteiger partial charge is 0.0908 e. The first-order chi connectivity index (χ1) is 6.93. The molecular weight excluding hydrogens is 212 g/mol. The van der Waals surface area contributed by atoms with Crippen molar-refractivity contribution in [2.45, 2.75) is 52.2 Å². The predicted octanol–water partition coefficient (Wildman–Crippen LogP) is 2.82. The van der Waals surface area contributed by atoms with E-state index in [2.05, 4.69) is 20.8 Å². The minimum Gasteiger partial charge on any atom is -0.389 e. The molecule has 0 aliphatic heterocycles. The Morgan fingerprint density at radius 2 is 2.13 bits per heavy atom. The van der Waals surface area contributed by atoms with Crippen LogP contribution in [0, 0.1) is 11.3 Å². The van der Waals surface area contributed by atoms with Gasteiger partial charge < -0.3 is 9.84 Å². The Morgan fingerprint density at radius 3 is 2.67 bits per heavy atom. The number of hydrogen-bond acceptors (Lipinski definition) is 2. The fourth-order valence-corrected chi connectivity index (χ4v) is 2.77. The average Bonchev–Trinajstić information content (AvgIpc) is 2.11. The number of rotatable bonds is 4. The topological polar surface area (TPSA) is 29.5 Å². The minimum atomic E-state index is -0.521. The normalized spacial score (nSPS) is 32.6. The van der Waals surface area contributed by atoms with E-state index in [9.17, 15) is 5.11 Å². The molecule has 0 saturated heterocycles. The molecule has 90 valence electrons. The van der Waals surface area contributed by atoms with Crippen LogP contribution in [-0.4, -0.2) is 29.8 Å². The second-order valence-corrected chi connectivity index (χ2v) is 5.99. The summed E-state index contributed by atoms with van der Waals surface area (Å²) in [5.41, 5.74) is 0.369. The van der Waals surface area contributed by atoms with Crippen LogP contribution in [0.1, 0.15) is 40.0 Å². The molecule has 2 nitrogen and oxygen atoms in total.